The number of nitriles is 1. The smallest absolute Gasteiger partial charge is 0.307 e. The molecule has 3 nitrogen and oxygen atoms in total. The van der Waals surface area contributed by atoms with E-state index in [4.69, 9.17) is 10.00 Å². The standard InChI is InChI=1S/C10H15NO2/c1-4-5-6-7-9(12)13-10(2,3)8-11/h4-5H,6-7H2,1-3H3. The van der Waals surface area contributed by atoms with Crippen molar-refractivity contribution in [3.63, 3.8) is 0 Å². The molecule has 0 rings (SSSR count). The second-order valence-corrected chi connectivity index (χ2v) is 3.20. The number of nitrogens with zero attached hydrogens (tertiary/aromatic N) is 1. The van der Waals surface area contributed by atoms with Crippen molar-refractivity contribution in [2.24, 2.45) is 0 Å². The minimum atomic E-state index is -1.01. The van der Waals surface area contributed by atoms with Crippen LogP contribution in [0.3, 0.4) is 0 Å². The number of hydrogen-bond donors (Lipinski definition) is 0. The molecule has 13 heavy (non-hydrogen) atoms. The van der Waals surface area contributed by atoms with Gasteiger partial charge in [-0.05, 0) is 27.2 Å². The first-order valence-electron chi connectivity index (χ1n) is 4.26. The van der Waals surface area contributed by atoms with E-state index in [1.54, 1.807) is 13.8 Å². The highest BCUT2D eigenvalue weighted by Gasteiger charge is 2.20. The van der Waals surface area contributed by atoms with E-state index in [1.165, 1.54) is 0 Å². The number of carbonyl (C=O) groups excluding carboxylic acids is 1. The second-order valence-electron chi connectivity index (χ2n) is 3.20. The lowest BCUT2D eigenvalue weighted by molar-refractivity contribution is -0.151. The zero-order valence-electron chi connectivity index (χ0n) is 8.33. The van der Waals surface area contributed by atoms with Crippen LogP contribution in [0.15, 0.2) is 12.2 Å². The first-order valence-corrected chi connectivity index (χ1v) is 4.26. The molecule has 0 amide bonds. The van der Waals surface area contributed by atoms with E-state index < -0.39 is 5.60 Å². The summed E-state index contributed by atoms with van der Waals surface area (Å²) in [4.78, 5) is 11.1. The van der Waals surface area contributed by atoms with Crippen LogP contribution in [0, 0.1) is 11.3 Å². The van der Waals surface area contributed by atoms with Crippen molar-refractivity contribution in [3.05, 3.63) is 12.2 Å². The van der Waals surface area contributed by atoms with Crippen LogP contribution in [0.4, 0.5) is 0 Å². The zero-order chi connectivity index (χ0) is 10.3. The second kappa shape index (κ2) is 5.36. The summed E-state index contributed by atoms with van der Waals surface area (Å²) in [5.74, 6) is -0.329. The Kier molecular flexibility index (Phi) is 4.83. The third-order valence-corrected chi connectivity index (χ3v) is 1.39. The number of ether oxygens (including phenoxy) is 1. The molecule has 0 spiro atoms. The molecule has 0 aliphatic rings. The van der Waals surface area contributed by atoms with Gasteiger partial charge in [-0.1, -0.05) is 12.2 Å². The Morgan fingerprint density at radius 2 is 2.23 bits per heavy atom. The van der Waals surface area contributed by atoms with E-state index >= 15 is 0 Å². The van der Waals surface area contributed by atoms with Crippen LogP contribution < -0.4 is 0 Å². The van der Waals surface area contributed by atoms with E-state index in [9.17, 15) is 4.79 Å². The van der Waals surface area contributed by atoms with Gasteiger partial charge in [0.2, 0.25) is 0 Å². The van der Waals surface area contributed by atoms with Crippen molar-refractivity contribution in [3.8, 4) is 6.07 Å². The average Bonchev–Trinajstić information content (AvgIpc) is 2.04. The fourth-order valence-electron chi connectivity index (χ4n) is 0.726. The van der Waals surface area contributed by atoms with Crippen molar-refractivity contribution in [1.29, 1.82) is 5.26 Å². The molecule has 0 heterocycles. The maximum absolute atomic E-state index is 11.1. The van der Waals surface area contributed by atoms with Crippen LogP contribution in [0.2, 0.25) is 0 Å². The van der Waals surface area contributed by atoms with Gasteiger partial charge in [-0.25, -0.2) is 0 Å². The quantitative estimate of drug-likeness (QED) is 0.493. The zero-order valence-corrected chi connectivity index (χ0v) is 8.33. The SMILES string of the molecule is CC=CCCC(=O)OC(C)(C)C#N. The molecule has 3 heteroatoms. The minimum absolute atomic E-state index is 0.329. The van der Waals surface area contributed by atoms with Crippen LogP contribution in [-0.4, -0.2) is 11.6 Å². The maximum atomic E-state index is 11.1. The largest absolute Gasteiger partial charge is 0.444 e. The van der Waals surface area contributed by atoms with Gasteiger partial charge in [0.05, 0.1) is 0 Å². The Bertz CT molecular complexity index is 236. The van der Waals surface area contributed by atoms with E-state index in [2.05, 4.69) is 0 Å². The molecule has 72 valence electrons. The molecule has 0 aromatic heterocycles. The molecule has 0 N–H and O–H groups in total. The van der Waals surface area contributed by atoms with Gasteiger partial charge in [0.25, 0.3) is 0 Å². The predicted molar refractivity (Wildman–Crippen MR) is 49.8 cm³/mol. The summed E-state index contributed by atoms with van der Waals surface area (Å²) in [6.07, 6.45) is 4.76. The van der Waals surface area contributed by atoms with Gasteiger partial charge >= 0.3 is 5.97 Å². The van der Waals surface area contributed by atoms with E-state index in [-0.39, 0.29) is 5.97 Å². The number of hydrogen-bond acceptors (Lipinski definition) is 3. The minimum Gasteiger partial charge on any atom is -0.444 e. The summed E-state index contributed by atoms with van der Waals surface area (Å²) in [7, 11) is 0. The Morgan fingerprint density at radius 3 is 2.69 bits per heavy atom. The Balaban J connectivity index is 3.83. The topological polar surface area (TPSA) is 50.1 Å². The molecule has 0 aromatic carbocycles. The summed E-state index contributed by atoms with van der Waals surface area (Å²) < 4.78 is 4.90. The molecule has 0 fully saturated rings. The number of allylic oxidation sites excluding steroid dienone is 2. The van der Waals surface area contributed by atoms with Crippen LogP contribution in [-0.2, 0) is 9.53 Å². The first kappa shape index (κ1) is 11.7. The van der Waals surface area contributed by atoms with Gasteiger partial charge in [0.1, 0.15) is 6.07 Å². The van der Waals surface area contributed by atoms with Gasteiger partial charge in [-0.15, -0.1) is 0 Å². The van der Waals surface area contributed by atoms with Gasteiger partial charge in [0, 0.05) is 6.42 Å². The van der Waals surface area contributed by atoms with Crippen LogP contribution in [0.5, 0.6) is 0 Å². The maximum Gasteiger partial charge on any atom is 0.307 e. The molecule has 0 bridgehead atoms. The average molecular weight is 181 g/mol. The van der Waals surface area contributed by atoms with Crippen molar-refractivity contribution in [2.75, 3.05) is 0 Å². The Morgan fingerprint density at radius 1 is 1.62 bits per heavy atom. The lowest BCUT2D eigenvalue weighted by atomic mass is 10.2. The van der Waals surface area contributed by atoms with Crippen molar-refractivity contribution < 1.29 is 9.53 Å². The summed E-state index contributed by atoms with van der Waals surface area (Å²) in [5, 5.41) is 8.57. The van der Waals surface area contributed by atoms with Crippen molar-refractivity contribution in [2.45, 2.75) is 39.2 Å². The van der Waals surface area contributed by atoms with Gasteiger partial charge in [-0.2, -0.15) is 5.26 Å². The lowest BCUT2D eigenvalue weighted by Gasteiger charge is -2.15. The van der Waals surface area contributed by atoms with Crippen LogP contribution in [0.1, 0.15) is 33.6 Å². The van der Waals surface area contributed by atoms with Gasteiger partial charge in [0.15, 0.2) is 5.60 Å². The van der Waals surface area contributed by atoms with Crippen molar-refractivity contribution >= 4 is 5.97 Å². The summed E-state index contributed by atoms with van der Waals surface area (Å²) in [6.45, 7) is 5.03. The molecule has 0 aliphatic heterocycles. The third-order valence-electron chi connectivity index (χ3n) is 1.39. The molecular weight excluding hydrogens is 166 g/mol. The number of carbonyl (C=O) groups is 1. The number of esters is 1. The predicted octanol–water partition coefficient (Wildman–Crippen LogP) is 2.19. The van der Waals surface area contributed by atoms with E-state index in [1.807, 2.05) is 25.1 Å². The Labute approximate surface area is 79.0 Å². The summed E-state index contributed by atoms with van der Waals surface area (Å²) >= 11 is 0. The highest BCUT2D eigenvalue weighted by atomic mass is 16.6. The monoisotopic (exact) mass is 181 g/mol. The third kappa shape index (κ3) is 5.92. The molecule has 0 aliphatic carbocycles. The summed E-state index contributed by atoms with van der Waals surface area (Å²) in [5.41, 5.74) is -1.01. The summed E-state index contributed by atoms with van der Waals surface area (Å²) in [6, 6.07) is 1.90. The molecule has 0 saturated heterocycles. The molecular formula is C10H15NO2. The molecule has 0 atom stereocenters. The Hall–Kier alpha value is -1.30. The van der Waals surface area contributed by atoms with E-state index in [0.29, 0.717) is 12.8 Å². The highest BCUT2D eigenvalue weighted by Crippen LogP contribution is 2.09. The van der Waals surface area contributed by atoms with Crippen LogP contribution >= 0.6 is 0 Å². The fraction of sp³-hybridized carbons (Fsp3) is 0.600. The molecule has 0 saturated carbocycles. The fourth-order valence-corrected chi connectivity index (χ4v) is 0.726. The van der Waals surface area contributed by atoms with E-state index in [0.717, 1.165) is 0 Å². The number of rotatable bonds is 4. The van der Waals surface area contributed by atoms with Gasteiger partial charge in [-0.3, -0.25) is 4.79 Å². The highest BCUT2D eigenvalue weighted by molar-refractivity contribution is 5.70. The lowest BCUT2D eigenvalue weighted by Crippen LogP contribution is -2.25. The molecule has 0 radical (unpaired) electrons. The van der Waals surface area contributed by atoms with Crippen molar-refractivity contribution in [1.82, 2.24) is 0 Å². The molecule has 0 unspecified atom stereocenters. The molecule has 0 aromatic rings. The van der Waals surface area contributed by atoms with Gasteiger partial charge < -0.3 is 4.74 Å². The first-order chi connectivity index (χ1) is 6.02. The normalized spacial score (nSPS) is 11.2. The van der Waals surface area contributed by atoms with Crippen LogP contribution in [0.25, 0.3) is 0 Å².